The molecule has 1 aliphatic rings. The lowest BCUT2D eigenvalue weighted by atomic mass is 9.95. The van der Waals surface area contributed by atoms with Gasteiger partial charge in [-0.15, -0.1) is 0 Å². The van der Waals surface area contributed by atoms with Crippen molar-refractivity contribution >= 4 is 5.97 Å². The smallest absolute Gasteiger partial charge is 0.338 e. The van der Waals surface area contributed by atoms with Gasteiger partial charge in [-0.1, -0.05) is 86.8 Å². The summed E-state index contributed by atoms with van der Waals surface area (Å²) in [5.41, 5.74) is 1.81. The Hall–Kier alpha value is -2.17. The molecule has 1 N–H and O–H groups in total. The van der Waals surface area contributed by atoms with E-state index >= 15 is 0 Å². The van der Waals surface area contributed by atoms with Crippen molar-refractivity contribution in [2.45, 2.75) is 57.0 Å². The van der Waals surface area contributed by atoms with Gasteiger partial charge in [-0.2, -0.15) is 0 Å². The standard InChI is InChI=1S/C22H26O4/c1-2-3-6-15-18(23)21-22(24)26-20(17-13-9-5-10-14-17)19(25-21)16-11-7-4-8-12-16/h4-5,7-14,18-21,23H,2-3,6,15H2,1H3/t18-,19-,20-,21-/m0/s1. The van der Waals surface area contributed by atoms with Crippen molar-refractivity contribution in [3.8, 4) is 0 Å². The molecule has 0 saturated carbocycles. The highest BCUT2D eigenvalue weighted by Gasteiger charge is 2.43. The van der Waals surface area contributed by atoms with Crippen LogP contribution in [0, 0.1) is 0 Å². The molecule has 0 aromatic heterocycles. The topological polar surface area (TPSA) is 55.8 Å². The van der Waals surface area contributed by atoms with Crippen LogP contribution in [0.2, 0.25) is 0 Å². The van der Waals surface area contributed by atoms with Crippen LogP contribution in [0.25, 0.3) is 0 Å². The fourth-order valence-electron chi connectivity index (χ4n) is 3.32. The lowest BCUT2D eigenvalue weighted by Gasteiger charge is -2.37. The van der Waals surface area contributed by atoms with Gasteiger partial charge in [-0.05, 0) is 17.5 Å². The number of carbonyl (C=O) groups is 1. The molecule has 0 unspecified atom stereocenters. The average Bonchev–Trinajstić information content (AvgIpc) is 2.69. The summed E-state index contributed by atoms with van der Waals surface area (Å²) in [4.78, 5) is 12.5. The van der Waals surface area contributed by atoms with Gasteiger partial charge in [0.15, 0.2) is 12.2 Å². The summed E-state index contributed by atoms with van der Waals surface area (Å²) in [5.74, 6) is -0.491. The highest BCUT2D eigenvalue weighted by Crippen LogP contribution is 2.40. The van der Waals surface area contributed by atoms with Crippen molar-refractivity contribution in [2.24, 2.45) is 0 Å². The van der Waals surface area contributed by atoms with Gasteiger partial charge in [0.05, 0.1) is 6.10 Å². The Morgan fingerprint density at radius 3 is 2.08 bits per heavy atom. The van der Waals surface area contributed by atoms with Gasteiger partial charge in [0.25, 0.3) is 0 Å². The van der Waals surface area contributed by atoms with Crippen molar-refractivity contribution < 1.29 is 19.4 Å². The van der Waals surface area contributed by atoms with Crippen molar-refractivity contribution in [2.75, 3.05) is 0 Å². The van der Waals surface area contributed by atoms with E-state index in [4.69, 9.17) is 9.47 Å². The molecule has 0 bridgehead atoms. The third-order valence-electron chi connectivity index (χ3n) is 4.75. The Morgan fingerprint density at radius 2 is 1.50 bits per heavy atom. The number of cyclic esters (lactones) is 1. The largest absolute Gasteiger partial charge is 0.452 e. The Bertz CT molecular complexity index is 686. The molecule has 1 aliphatic heterocycles. The number of unbranched alkanes of at least 4 members (excludes halogenated alkanes) is 2. The Kier molecular flexibility index (Phi) is 6.42. The summed E-state index contributed by atoms with van der Waals surface area (Å²) in [6.45, 7) is 2.10. The summed E-state index contributed by atoms with van der Waals surface area (Å²) >= 11 is 0. The first-order valence-electron chi connectivity index (χ1n) is 9.34. The Labute approximate surface area is 154 Å². The molecule has 4 nitrogen and oxygen atoms in total. The van der Waals surface area contributed by atoms with E-state index < -0.39 is 30.4 Å². The van der Waals surface area contributed by atoms with Crippen LogP contribution in [0.3, 0.4) is 0 Å². The van der Waals surface area contributed by atoms with E-state index in [1.54, 1.807) is 0 Å². The number of esters is 1. The SMILES string of the molecule is CCCCC[C@H](O)[C@@H]1O[C@@H](c2ccccc2)[C@H](c2ccccc2)OC1=O. The minimum atomic E-state index is -0.947. The molecule has 138 valence electrons. The second kappa shape index (κ2) is 8.97. The summed E-state index contributed by atoms with van der Waals surface area (Å²) in [6.07, 6.45) is 0.717. The number of carbonyl (C=O) groups excluding carboxylic acids is 1. The third kappa shape index (κ3) is 4.32. The molecule has 0 amide bonds. The Morgan fingerprint density at radius 1 is 0.923 bits per heavy atom. The lowest BCUT2D eigenvalue weighted by molar-refractivity contribution is -0.216. The summed E-state index contributed by atoms with van der Waals surface area (Å²) in [7, 11) is 0. The van der Waals surface area contributed by atoms with Crippen LogP contribution < -0.4 is 0 Å². The molecule has 0 radical (unpaired) electrons. The number of rotatable bonds is 7. The zero-order chi connectivity index (χ0) is 18.4. The van der Waals surface area contributed by atoms with Crippen molar-refractivity contribution in [3.63, 3.8) is 0 Å². The molecule has 3 rings (SSSR count). The van der Waals surface area contributed by atoms with E-state index in [2.05, 4.69) is 6.92 Å². The van der Waals surface area contributed by atoms with Gasteiger partial charge in [-0.3, -0.25) is 0 Å². The Balaban J connectivity index is 1.83. The fourth-order valence-corrected chi connectivity index (χ4v) is 3.32. The maximum absolute atomic E-state index is 12.5. The van der Waals surface area contributed by atoms with Crippen molar-refractivity contribution in [1.29, 1.82) is 0 Å². The highest BCUT2D eigenvalue weighted by molar-refractivity contribution is 5.76. The van der Waals surface area contributed by atoms with Crippen LogP contribution in [-0.4, -0.2) is 23.3 Å². The predicted molar refractivity (Wildman–Crippen MR) is 99.5 cm³/mol. The van der Waals surface area contributed by atoms with E-state index in [0.29, 0.717) is 6.42 Å². The normalized spacial score (nSPS) is 24.1. The van der Waals surface area contributed by atoms with Gasteiger partial charge in [-0.25, -0.2) is 4.79 Å². The minimum absolute atomic E-state index is 0.442. The van der Waals surface area contributed by atoms with Crippen molar-refractivity contribution in [1.82, 2.24) is 0 Å². The molecule has 2 aromatic rings. The molecule has 26 heavy (non-hydrogen) atoms. The van der Waals surface area contributed by atoms with Gasteiger partial charge in [0, 0.05) is 0 Å². The number of hydrogen-bond acceptors (Lipinski definition) is 4. The quantitative estimate of drug-likeness (QED) is 0.593. The van der Waals surface area contributed by atoms with Crippen LogP contribution in [0.1, 0.15) is 55.9 Å². The first-order valence-corrected chi connectivity index (χ1v) is 9.34. The molecular weight excluding hydrogens is 328 g/mol. The monoisotopic (exact) mass is 354 g/mol. The summed E-state index contributed by atoms with van der Waals surface area (Å²) in [6, 6.07) is 19.3. The third-order valence-corrected chi connectivity index (χ3v) is 4.75. The van der Waals surface area contributed by atoms with Gasteiger partial charge < -0.3 is 14.6 Å². The molecule has 4 atom stereocenters. The summed E-state index contributed by atoms with van der Waals surface area (Å²) in [5, 5.41) is 10.5. The van der Waals surface area contributed by atoms with Gasteiger partial charge in [0.1, 0.15) is 6.10 Å². The second-order valence-electron chi connectivity index (χ2n) is 6.72. The average molecular weight is 354 g/mol. The van der Waals surface area contributed by atoms with Crippen LogP contribution >= 0.6 is 0 Å². The van der Waals surface area contributed by atoms with Gasteiger partial charge in [0.2, 0.25) is 0 Å². The van der Waals surface area contributed by atoms with Crippen LogP contribution in [0.4, 0.5) is 0 Å². The lowest BCUT2D eigenvalue weighted by Crippen LogP contribution is -2.45. The summed E-state index contributed by atoms with van der Waals surface area (Å²) < 4.78 is 11.9. The van der Waals surface area contributed by atoms with E-state index in [1.807, 2.05) is 60.7 Å². The number of aliphatic hydroxyl groups excluding tert-OH is 1. The van der Waals surface area contributed by atoms with Crippen LogP contribution in [0.15, 0.2) is 60.7 Å². The van der Waals surface area contributed by atoms with Crippen molar-refractivity contribution in [3.05, 3.63) is 71.8 Å². The zero-order valence-corrected chi connectivity index (χ0v) is 15.1. The minimum Gasteiger partial charge on any atom is -0.452 e. The molecule has 1 saturated heterocycles. The van der Waals surface area contributed by atoms with E-state index in [0.717, 1.165) is 30.4 Å². The number of ether oxygens (including phenoxy) is 2. The molecule has 1 fully saturated rings. The van der Waals surface area contributed by atoms with Crippen LogP contribution in [0.5, 0.6) is 0 Å². The second-order valence-corrected chi connectivity index (χ2v) is 6.72. The van der Waals surface area contributed by atoms with E-state index in [-0.39, 0.29) is 0 Å². The van der Waals surface area contributed by atoms with Gasteiger partial charge >= 0.3 is 5.97 Å². The molecule has 1 heterocycles. The highest BCUT2D eigenvalue weighted by atomic mass is 16.6. The maximum atomic E-state index is 12.5. The molecule has 0 aliphatic carbocycles. The molecular formula is C22H26O4. The number of hydrogen-bond donors (Lipinski definition) is 1. The van der Waals surface area contributed by atoms with E-state index in [1.165, 1.54) is 0 Å². The first kappa shape index (κ1) is 18.6. The maximum Gasteiger partial charge on any atom is 0.338 e. The number of benzene rings is 2. The molecule has 2 aromatic carbocycles. The van der Waals surface area contributed by atoms with E-state index in [9.17, 15) is 9.90 Å². The predicted octanol–water partition coefficient (Wildman–Crippen LogP) is 4.35. The fraction of sp³-hybridized carbons (Fsp3) is 0.409. The molecule has 4 heteroatoms. The van der Waals surface area contributed by atoms with Crippen LogP contribution in [-0.2, 0) is 14.3 Å². The number of aliphatic hydroxyl groups is 1. The zero-order valence-electron chi connectivity index (χ0n) is 15.1. The molecule has 0 spiro atoms. The first-order chi connectivity index (χ1) is 12.7.